The molecule has 0 saturated heterocycles. The van der Waals surface area contributed by atoms with E-state index in [4.69, 9.17) is 15.5 Å². The minimum absolute atomic E-state index is 0.146. The van der Waals surface area contributed by atoms with Crippen molar-refractivity contribution in [2.24, 2.45) is 10.2 Å². The van der Waals surface area contributed by atoms with E-state index >= 15 is 0 Å². The normalized spacial score (nSPS) is 11.6. The summed E-state index contributed by atoms with van der Waals surface area (Å²) in [6.45, 7) is 6.26. The number of pyridine rings is 1. The fourth-order valence-corrected chi connectivity index (χ4v) is 3.28. The van der Waals surface area contributed by atoms with Crippen LogP contribution in [0.2, 0.25) is 0 Å². The summed E-state index contributed by atoms with van der Waals surface area (Å²) in [5.41, 5.74) is 11.3. The second-order valence-corrected chi connectivity index (χ2v) is 6.94. The van der Waals surface area contributed by atoms with Crippen LogP contribution >= 0.6 is 0 Å². The van der Waals surface area contributed by atoms with Gasteiger partial charge >= 0.3 is 0 Å². The van der Waals surface area contributed by atoms with E-state index in [1.54, 1.807) is 0 Å². The molecule has 0 spiro atoms. The molecule has 1 aromatic heterocycles. The highest BCUT2D eigenvalue weighted by Crippen LogP contribution is 2.36. The number of fused-ring (bicyclic) bond motifs is 2. The molecule has 0 radical (unpaired) electrons. The van der Waals surface area contributed by atoms with Crippen molar-refractivity contribution in [2.45, 2.75) is 20.8 Å². The van der Waals surface area contributed by atoms with E-state index in [-0.39, 0.29) is 5.75 Å². The zero-order valence-corrected chi connectivity index (χ0v) is 16.6. The molecule has 6 nitrogen and oxygen atoms in total. The first-order valence-electron chi connectivity index (χ1n) is 9.44. The minimum atomic E-state index is 0.146. The summed E-state index contributed by atoms with van der Waals surface area (Å²) in [6, 6.07) is 15.0. The molecule has 0 fully saturated rings. The monoisotopic (exact) mass is 386 g/mol. The lowest BCUT2D eigenvalue weighted by Crippen LogP contribution is -1.95. The predicted octanol–water partition coefficient (Wildman–Crippen LogP) is 6.11. The van der Waals surface area contributed by atoms with Gasteiger partial charge in [-0.15, -0.1) is 5.11 Å². The second-order valence-electron chi connectivity index (χ2n) is 6.94. The average molecular weight is 386 g/mol. The van der Waals surface area contributed by atoms with Gasteiger partial charge in [-0.1, -0.05) is 12.1 Å². The van der Waals surface area contributed by atoms with Crippen LogP contribution in [0.15, 0.2) is 58.8 Å². The molecule has 3 aromatic carbocycles. The Morgan fingerprint density at radius 2 is 1.72 bits per heavy atom. The van der Waals surface area contributed by atoms with Crippen LogP contribution in [0.1, 0.15) is 18.1 Å². The molecule has 0 saturated carbocycles. The summed E-state index contributed by atoms with van der Waals surface area (Å²) in [7, 11) is 0. The van der Waals surface area contributed by atoms with Crippen LogP contribution in [0.25, 0.3) is 21.8 Å². The third kappa shape index (κ3) is 3.45. The third-order valence-corrected chi connectivity index (χ3v) is 4.90. The molecular formula is C23H22N4O2. The number of hydrogen-bond acceptors (Lipinski definition) is 6. The van der Waals surface area contributed by atoms with Crippen molar-refractivity contribution in [3.63, 3.8) is 0 Å². The molecule has 0 atom stereocenters. The predicted molar refractivity (Wildman–Crippen MR) is 117 cm³/mol. The van der Waals surface area contributed by atoms with Crippen LogP contribution in [-0.4, -0.2) is 16.7 Å². The van der Waals surface area contributed by atoms with Gasteiger partial charge in [-0.3, -0.25) is 0 Å². The fraction of sp³-hybridized carbons (Fsp3) is 0.174. The molecule has 1 heterocycles. The highest BCUT2D eigenvalue weighted by atomic mass is 16.5. The molecular weight excluding hydrogens is 364 g/mol. The summed E-state index contributed by atoms with van der Waals surface area (Å²) in [6.07, 6.45) is 0. The Morgan fingerprint density at radius 3 is 2.52 bits per heavy atom. The number of rotatable bonds is 4. The molecule has 0 aliphatic rings. The van der Waals surface area contributed by atoms with Crippen LogP contribution in [0.5, 0.6) is 11.5 Å². The maximum absolute atomic E-state index is 10.3. The van der Waals surface area contributed by atoms with Crippen molar-refractivity contribution >= 4 is 38.9 Å². The molecule has 29 heavy (non-hydrogen) atoms. The Balaban J connectivity index is 1.77. The highest BCUT2D eigenvalue weighted by molar-refractivity contribution is 6.07. The lowest BCUT2D eigenvalue weighted by Gasteiger charge is -2.09. The Morgan fingerprint density at radius 1 is 0.931 bits per heavy atom. The Bertz CT molecular complexity index is 1270. The van der Waals surface area contributed by atoms with Gasteiger partial charge in [-0.05, 0) is 68.3 Å². The van der Waals surface area contributed by atoms with Crippen molar-refractivity contribution in [1.82, 2.24) is 4.98 Å². The molecule has 0 amide bonds. The number of nitrogens with zero attached hydrogens (tertiary/aromatic N) is 3. The van der Waals surface area contributed by atoms with Gasteiger partial charge in [-0.2, -0.15) is 5.11 Å². The van der Waals surface area contributed by atoms with Crippen LogP contribution in [0, 0.1) is 13.8 Å². The number of azo groups is 1. The van der Waals surface area contributed by atoms with Gasteiger partial charge in [0.25, 0.3) is 0 Å². The number of nitrogens with two attached hydrogens (primary N) is 1. The van der Waals surface area contributed by atoms with Crippen molar-refractivity contribution < 1.29 is 9.84 Å². The molecule has 3 N–H and O–H groups in total. The minimum Gasteiger partial charge on any atom is -0.505 e. The Kier molecular flexibility index (Phi) is 4.76. The fourth-order valence-electron chi connectivity index (χ4n) is 3.28. The summed E-state index contributed by atoms with van der Waals surface area (Å²) >= 11 is 0. The molecule has 6 heteroatoms. The van der Waals surface area contributed by atoms with E-state index in [0.717, 1.165) is 38.7 Å². The Labute approximate surface area is 168 Å². The van der Waals surface area contributed by atoms with Crippen LogP contribution in [-0.2, 0) is 0 Å². The molecule has 4 rings (SSSR count). The van der Waals surface area contributed by atoms with Crippen molar-refractivity contribution in [3.05, 3.63) is 59.7 Å². The SMILES string of the molecule is CCOc1ccc2nc3cc(N=Nc4c(C)ccc(C)c4O)ccc3c(N)c2c1. The quantitative estimate of drug-likeness (QED) is 0.327. The number of aromatic nitrogens is 1. The Hall–Kier alpha value is -3.67. The van der Waals surface area contributed by atoms with E-state index < -0.39 is 0 Å². The summed E-state index contributed by atoms with van der Waals surface area (Å²) in [5, 5.41) is 20.5. The van der Waals surface area contributed by atoms with Gasteiger partial charge in [-0.25, -0.2) is 4.98 Å². The van der Waals surface area contributed by atoms with Crippen molar-refractivity contribution in [2.75, 3.05) is 12.3 Å². The molecule has 0 aliphatic carbocycles. The first-order valence-corrected chi connectivity index (χ1v) is 9.44. The zero-order chi connectivity index (χ0) is 20.5. The number of aryl methyl sites for hydroxylation is 2. The van der Waals surface area contributed by atoms with E-state index in [0.29, 0.717) is 23.7 Å². The average Bonchev–Trinajstić information content (AvgIpc) is 2.71. The lowest BCUT2D eigenvalue weighted by molar-refractivity contribution is 0.341. The number of hydrogen-bond donors (Lipinski definition) is 2. The largest absolute Gasteiger partial charge is 0.505 e. The summed E-state index contributed by atoms with van der Waals surface area (Å²) in [5.74, 6) is 0.916. The van der Waals surface area contributed by atoms with E-state index in [2.05, 4.69) is 10.2 Å². The number of phenolic OH excluding ortho intramolecular Hbond substituents is 1. The molecule has 0 unspecified atom stereocenters. The maximum Gasteiger partial charge on any atom is 0.146 e. The van der Waals surface area contributed by atoms with Gasteiger partial charge in [0, 0.05) is 10.8 Å². The molecule has 4 aromatic rings. The first kappa shape index (κ1) is 18.7. The summed E-state index contributed by atoms with van der Waals surface area (Å²) < 4.78 is 5.57. The van der Waals surface area contributed by atoms with Crippen LogP contribution in [0.4, 0.5) is 17.1 Å². The van der Waals surface area contributed by atoms with Gasteiger partial charge in [0.05, 0.1) is 29.0 Å². The van der Waals surface area contributed by atoms with Gasteiger partial charge in [0.2, 0.25) is 0 Å². The third-order valence-electron chi connectivity index (χ3n) is 4.90. The number of aromatic hydroxyl groups is 1. The van der Waals surface area contributed by atoms with Crippen LogP contribution < -0.4 is 10.5 Å². The smallest absolute Gasteiger partial charge is 0.146 e. The number of ether oxygens (including phenoxy) is 1. The van der Waals surface area contributed by atoms with Gasteiger partial charge in [0.15, 0.2) is 0 Å². The number of benzene rings is 3. The van der Waals surface area contributed by atoms with Crippen LogP contribution in [0.3, 0.4) is 0 Å². The standard InChI is InChI=1S/C23H22N4O2/c1-4-29-16-8-10-19-18(12-16)21(24)17-9-7-15(11-20(17)25-19)26-27-22-13(2)5-6-14(3)23(22)28/h5-12,28H,4H2,1-3H3,(H2,24,25). The molecule has 146 valence electrons. The van der Waals surface area contributed by atoms with Crippen molar-refractivity contribution in [3.8, 4) is 11.5 Å². The van der Waals surface area contributed by atoms with Crippen molar-refractivity contribution in [1.29, 1.82) is 0 Å². The number of anilines is 1. The zero-order valence-electron chi connectivity index (χ0n) is 16.6. The second kappa shape index (κ2) is 7.39. The topological polar surface area (TPSA) is 93.1 Å². The molecule has 0 aliphatic heterocycles. The van der Waals surface area contributed by atoms with E-state index in [1.165, 1.54) is 0 Å². The first-order chi connectivity index (χ1) is 14.0. The maximum atomic E-state index is 10.3. The lowest BCUT2D eigenvalue weighted by atomic mass is 10.1. The van der Waals surface area contributed by atoms with E-state index in [1.807, 2.05) is 69.3 Å². The molecule has 0 bridgehead atoms. The number of phenols is 1. The van der Waals surface area contributed by atoms with Gasteiger partial charge in [0.1, 0.15) is 17.2 Å². The van der Waals surface area contributed by atoms with Gasteiger partial charge < -0.3 is 15.6 Å². The van der Waals surface area contributed by atoms with E-state index in [9.17, 15) is 5.11 Å². The highest BCUT2D eigenvalue weighted by Gasteiger charge is 2.10. The summed E-state index contributed by atoms with van der Waals surface area (Å²) in [4.78, 5) is 4.72. The number of nitrogen functional groups attached to an aromatic ring is 1.